The van der Waals surface area contributed by atoms with Gasteiger partial charge >= 0.3 is 5.97 Å². The van der Waals surface area contributed by atoms with E-state index in [4.69, 9.17) is 14.7 Å². The second-order valence-corrected chi connectivity index (χ2v) is 8.53. The molecule has 6 nitrogen and oxygen atoms in total. The van der Waals surface area contributed by atoms with Crippen LogP contribution in [0.2, 0.25) is 0 Å². The van der Waals surface area contributed by atoms with Gasteiger partial charge in [0.2, 0.25) is 0 Å². The molecule has 1 aromatic carbocycles. The van der Waals surface area contributed by atoms with Crippen molar-refractivity contribution in [2.24, 2.45) is 11.1 Å². The average Bonchev–Trinajstić information content (AvgIpc) is 3.31. The van der Waals surface area contributed by atoms with Crippen molar-refractivity contribution in [3.05, 3.63) is 59.4 Å². The highest BCUT2D eigenvalue weighted by Gasteiger charge is 2.24. The molecule has 2 aliphatic carbocycles. The summed E-state index contributed by atoms with van der Waals surface area (Å²) in [6.45, 7) is 0.182. The van der Waals surface area contributed by atoms with Crippen molar-refractivity contribution in [1.82, 2.24) is 4.98 Å². The maximum Gasteiger partial charge on any atom is 0.341 e. The Balaban J connectivity index is 1.46. The van der Waals surface area contributed by atoms with Gasteiger partial charge < -0.3 is 14.7 Å². The van der Waals surface area contributed by atoms with E-state index in [-0.39, 0.29) is 12.5 Å². The van der Waals surface area contributed by atoms with Crippen LogP contribution in [0.5, 0.6) is 5.75 Å². The number of rotatable bonds is 9. The maximum absolute atomic E-state index is 10.9. The van der Waals surface area contributed by atoms with Crippen LogP contribution in [0.15, 0.2) is 47.9 Å². The zero-order chi connectivity index (χ0) is 21.5. The third-order valence-corrected chi connectivity index (χ3v) is 6.34. The zero-order valence-corrected chi connectivity index (χ0v) is 17.8. The van der Waals surface area contributed by atoms with Crippen LogP contribution in [0.3, 0.4) is 0 Å². The van der Waals surface area contributed by atoms with E-state index >= 15 is 0 Å². The van der Waals surface area contributed by atoms with Crippen LogP contribution in [-0.2, 0) is 16.1 Å². The monoisotopic (exact) mass is 422 g/mol. The Labute approximate surface area is 183 Å². The second-order valence-electron chi connectivity index (χ2n) is 8.53. The molecule has 0 amide bonds. The van der Waals surface area contributed by atoms with E-state index < -0.39 is 5.97 Å². The largest absolute Gasteiger partial charge is 0.482 e. The van der Waals surface area contributed by atoms with E-state index in [0.29, 0.717) is 18.3 Å². The maximum atomic E-state index is 10.9. The van der Waals surface area contributed by atoms with Gasteiger partial charge in [-0.1, -0.05) is 43.0 Å². The minimum absolute atomic E-state index is 0.225. The summed E-state index contributed by atoms with van der Waals surface area (Å²) in [6, 6.07) is 9.87. The molecule has 2 aromatic rings. The lowest BCUT2D eigenvalue weighted by Crippen LogP contribution is -2.17. The van der Waals surface area contributed by atoms with Gasteiger partial charge in [-0.25, -0.2) is 4.79 Å². The van der Waals surface area contributed by atoms with E-state index in [0.717, 1.165) is 42.5 Å². The van der Waals surface area contributed by atoms with E-state index in [1.165, 1.54) is 31.2 Å². The number of benzene rings is 1. The molecule has 1 heterocycles. The highest BCUT2D eigenvalue weighted by molar-refractivity contribution is 6.00. The number of ether oxygens (including phenoxy) is 1. The van der Waals surface area contributed by atoms with Gasteiger partial charge in [0, 0.05) is 23.9 Å². The number of oxime groups is 1. The van der Waals surface area contributed by atoms with Gasteiger partial charge in [-0.3, -0.25) is 4.98 Å². The Kier molecular flexibility index (Phi) is 7.18. The molecule has 1 aromatic heterocycles. The number of fused-ring (bicyclic) bond motifs is 1. The number of pyridine rings is 1. The van der Waals surface area contributed by atoms with Crippen molar-refractivity contribution >= 4 is 11.7 Å². The lowest BCUT2D eigenvalue weighted by atomic mass is 9.83. The molecular weight excluding hydrogens is 392 g/mol. The first kappa shape index (κ1) is 21.3. The number of aromatic nitrogens is 1. The zero-order valence-electron chi connectivity index (χ0n) is 17.8. The van der Waals surface area contributed by atoms with Crippen molar-refractivity contribution in [2.75, 3.05) is 13.2 Å². The second kappa shape index (κ2) is 10.4. The third-order valence-electron chi connectivity index (χ3n) is 6.34. The molecule has 164 valence electrons. The summed E-state index contributed by atoms with van der Waals surface area (Å²) in [5, 5.41) is 13.5. The molecule has 1 fully saturated rings. The van der Waals surface area contributed by atoms with Crippen molar-refractivity contribution < 1.29 is 19.5 Å². The van der Waals surface area contributed by atoms with Gasteiger partial charge in [-0.2, -0.15) is 0 Å². The quantitative estimate of drug-likeness (QED) is 0.456. The minimum atomic E-state index is -0.965. The van der Waals surface area contributed by atoms with Crippen LogP contribution < -0.4 is 4.74 Å². The highest BCUT2D eigenvalue weighted by Crippen LogP contribution is 2.37. The molecule has 1 saturated carbocycles. The number of carboxylic acids is 1. The van der Waals surface area contributed by atoms with Crippen molar-refractivity contribution in [3.63, 3.8) is 0 Å². The van der Waals surface area contributed by atoms with Crippen LogP contribution in [0.4, 0.5) is 0 Å². The molecule has 1 N–H and O–H groups in total. The fraction of sp³-hybridized carbons (Fsp3) is 0.480. The van der Waals surface area contributed by atoms with Crippen LogP contribution in [0.1, 0.15) is 67.6 Å². The lowest BCUT2D eigenvalue weighted by Gasteiger charge is -2.26. The molecule has 0 radical (unpaired) electrons. The molecule has 0 bridgehead atoms. The van der Waals surface area contributed by atoms with Gasteiger partial charge in [-0.15, -0.1) is 0 Å². The van der Waals surface area contributed by atoms with E-state index in [1.807, 2.05) is 30.5 Å². The van der Waals surface area contributed by atoms with E-state index in [2.05, 4.69) is 16.2 Å². The van der Waals surface area contributed by atoms with Gasteiger partial charge in [0.1, 0.15) is 12.4 Å². The summed E-state index contributed by atoms with van der Waals surface area (Å²) >= 11 is 0. The van der Waals surface area contributed by atoms with Gasteiger partial charge in [0.15, 0.2) is 6.61 Å². The highest BCUT2D eigenvalue weighted by atomic mass is 16.6. The first-order valence-electron chi connectivity index (χ1n) is 11.3. The number of hydrogen-bond acceptors (Lipinski definition) is 5. The Morgan fingerprint density at radius 3 is 2.77 bits per heavy atom. The van der Waals surface area contributed by atoms with Crippen molar-refractivity contribution in [2.45, 2.75) is 57.3 Å². The number of carbonyl (C=O) groups is 1. The van der Waals surface area contributed by atoms with E-state index in [1.54, 1.807) is 6.20 Å². The molecule has 1 atom stereocenters. The summed E-state index contributed by atoms with van der Waals surface area (Å²) in [4.78, 5) is 21.1. The minimum Gasteiger partial charge on any atom is -0.482 e. The smallest absolute Gasteiger partial charge is 0.341 e. The predicted octanol–water partition coefficient (Wildman–Crippen LogP) is 4.97. The Hall–Kier alpha value is -2.89. The molecule has 4 rings (SSSR count). The van der Waals surface area contributed by atoms with Gasteiger partial charge in [0.25, 0.3) is 0 Å². The number of hydrogen-bond donors (Lipinski definition) is 1. The molecule has 0 spiro atoms. The summed E-state index contributed by atoms with van der Waals surface area (Å²) in [5.41, 5.74) is 4.30. The third kappa shape index (κ3) is 5.63. The van der Waals surface area contributed by atoms with E-state index in [9.17, 15) is 4.79 Å². The Morgan fingerprint density at radius 2 is 2.00 bits per heavy atom. The van der Waals surface area contributed by atoms with Crippen molar-refractivity contribution in [1.29, 1.82) is 0 Å². The lowest BCUT2D eigenvalue weighted by molar-refractivity contribution is -0.139. The Bertz CT molecular complexity index is 907. The standard InChI is InChI=1S/C25H30N2O4/c28-25(29)17-30-24-12-4-10-21-20(8-3-11-22(21)24)16-31-27-23(14-18-6-1-2-7-18)19-9-5-13-26-15-19/h4-5,9-10,12-13,15,18,20H,1-3,6-8,11,14,16-17H2,(H,28,29)/b27-23-. The van der Waals surface area contributed by atoms with Gasteiger partial charge in [-0.05, 0) is 60.9 Å². The summed E-state index contributed by atoms with van der Waals surface area (Å²) in [6.07, 6.45) is 12.6. The van der Waals surface area contributed by atoms with Gasteiger partial charge in [0.05, 0.1) is 5.71 Å². The van der Waals surface area contributed by atoms with Crippen molar-refractivity contribution in [3.8, 4) is 5.75 Å². The van der Waals surface area contributed by atoms with Crippen LogP contribution >= 0.6 is 0 Å². The SMILES string of the molecule is O=C(O)COc1cccc2c1CCCC2CO/N=C(/CC1CCCC1)c1cccnc1. The first-order valence-corrected chi connectivity index (χ1v) is 11.3. The molecular formula is C25H30N2O4. The fourth-order valence-electron chi connectivity index (χ4n) is 4.80. The molecule has 0 aliphatic heterocycles. The summed E-state index contributed by atoms with van der Waals surface area (Å²) in [7, 11) is 0. The number of aliphatic carboxylic acids is 1. The number of carboxylic acid groups (broad SMARTS) is 1. The molecule has 0 saturated heterocycles. The summed E-state index contributed by atoms with van der Waals surface area (Å²) in [5.74, 6) is 0.604. The topological polar surface area (TPSA) is 81.0 Å². The average molecular weight is 423 g/mol. The predicted molar refractivity (Wildman–Crippen MR) is 119 cm³/mol. The first-order chi connectivity index (χ1) is 15.2. The molecule has 31 heavy (non-hydrogen) atoms. The molecule has 2 aliphatic rings. The number of nitrogens with zero attached hydrogens (tertiary/aromatic N) is 2. The normalized spacial score (nSPS) is 19.1. The van der Waals surface area contributed by atoms with Crippen LogP contribution in [0, 0.1) is 5.92 Å². The summed E-state index contributed by atoms with van der Waals surface area (Å²) < 4.78 is 5.51. The van der Waals surface area contributed by atoms with Crippen LogP contribution in [0.25, 0.3) is 0 Å². The Morgan fingerprint density at radius 1 is 1.13 bits per heavy atom. The fourth-order valence-corrected chi connectivity index (χ4v) is 4.80. The van der Waals surface area contributed by atoms with Crippen LogP contribution in [-0.4, -0.2) is 35.0 Å². The molecule has 6 heteroatoms. The molecule has 1 unspecified atom stereocenters.